The minimum Gasteiger partial charge on any atom is -0.491 e. The van der Waals surface area contributed by atoms with Crippen molar-refractivity contribution in [2.75, 3.05) is 31.3 Å². The van der Waals surface area contributed by atoms with E-state index in [4.69, 9.17) is 15.2 Å². The van der Waals surface area contributed by atoms with Gasteiger partial charge in [-0.2, -0.15) is 0 Å². The maximum absolute atomic E-state index is 5.96. The second-order valence-corrected chi connectivity index (χ2v) is 6.39. The fourth-order valence-electron chi connectivity index (χ4n) is 3.05. The molecule has 0 aliphatic rings. The van der Waals surface area contributed by atoms with E-state index >= 15 is 0 Å². The van der Waals surface area contributed by atoms with Gasteiger partial charge in [-0.1, -0.05) is 24.3 Å². The third-order valence-corrected chi connectivity index (χ3v) is 4.45. The number of hydrogen-bond acceptors (Lipinski definition) is 6. The number of pyridine rings is 2. The summed E-state index contributed by atoms with van der Waals surface area (Å²) in [5, 5.41) is 5.11. The molecule has 3 N–H and O–H groups in total. The zero-order valence-corrected chi connectivity index (χ0v) is 15.7. The monoisotopic (exact) mass is 374 g/mol. The maximum atomic E-state index is 5.96. The minimum absolute atomic E-state index is 0.483. The molecule has 28 heavy (non-hydrogen) atoms. The van der Waals surface area contributed by atoms with Crippen molar-refractivity contribution in [1.29, 1.82) is 0 Å². The van der Waals surface area contributed by atoms with E-state index < -0.39 is 0 Å². The summed E-state index contributed by atoms with van der Waals surface area (Å²) in [6, 6.07) is 19.5. The third kappa shape index (κ3) is 3.76. The van der Waals surface area contributed by atoms with Crippen LogP contribution in [0.4, 0.5) is 11.6 Å². The van der Waals surface area contributed by atoms with E-state index in [-0.39, 0.29) is 0 Å². The Balaban J connectivity index is 1.38. The summed E-state index contributed by atoms with van der Waals surface area (Å²) >= 11 is 0. The van der Waals surface area contributed by atoms with Crippen molar-refractivity contribution in [3.8, 4) is 11.5 Å². The van der Waals surface area contributed by atoms with Gasteiger partial charge in [0.1, 0.15) is 34.2 Å². The molecule has 0 spiro atoms. The predicted octanol–water partition coefficient (Wildman–Crippen LogP) is 4.25. The molecule has 6 heteroatoms. The normalized spacial score (nSPS) is 10.9. The lowest BCUT2D eigenvalue weighted by atomic mass is 10.2. The summed E-state index contributed by atoms with van der Waals surface area (Å²) in [4.78, 5) is 8.97. The fraction of sp³-hybridized carbons (Fsp3) is 0.182. The lowest BCUT2D eigenvalue weighted by molar-refractivity contribution is 0.250. The van der Waals surface area contributed by atoms with Crippen LogP contribution >= 0.6 is 0 Å². The lowest BCUT2D eigenvalue weighted by Crippen LogP contribution is -2.06. The van der Waals surface area contributed by atoms with Gasteiger partial charge in [0.2, 0.25) is 0 Å². The number of para-hydroxylation sites is 2. The fourth-order valence-corrected chi connectivity index (χ4v) is 3.05. The zero-order valence-electron chi connectivity index (χ0n) is 15.7. The largest absolute Gasteiger partial charge is 0.491 e. The van der Waals surface area contributed by atoms with Crippen LogP contribution in [0.2, 0.25) is 0 Å². The summed E-state index contributed by atoms with van der Waals surface area (Å²) in [5.74, 6) is 2.80. The summed E-state index contributed by atoms with van der Waals surface area (Å²) in [5.41, 5.74) is 7.43. The van der Waals surface area contributed by atoms with Crippen LogP contribution in [-0.2, 0) is 0 Å². The molecule has 6 nitrogen and oxygen atoms in total. The smallest absolute Gasteiger partial charge is 0.145 e. The van der Waals surface area contributed by atoms with Crippen LogP contribution in [-0.4, -0.2) is 30.2 Å². The van der Waals surface area contributed by atoms with Crippen molar-refractivity contribution < 1.29 is 9.47 Å². The number of hydrogen-bond donors (Lipinski definition) is 2. The molecule has 0 atom stereocenters. The van der Waals surface area contributed by atoms with Crippen molar-refractivity contribution in [3.63, 3.8) is 0 Å². The van der Waals surface area contributed by atoms with Crippen molar-refractivity contribution in [1.82, 2.24) is 9.97 Å². The molecule has 4 aromatic rings. The quantitative estimate of drug-likeness (QED) is 0.471. The lowest BCUT2D eigenvalue weighted by Gasteiger charge is -2.11. The van der Waals surface area contributed by atoms with Gasteiger partial charge in [0.25, 0.3) is 0 Å². The first-order valence-electron chi connectivity index (χ1n) is 9.23. The molecular weight excluding hydrogens is 352 g/mol. The summed E-state index contributed by atoms with van der Waals surface area (Å²) in [6.45, 7) is 1.06. The van der Waals surface area contributed by atoms with E-state index in [1.54, 1.807) is 6.07 Å². The van der Waals surface area contributed by atoms with Crippen LogP contribution in [0.1, 0.15) is 6.42 Å². The van der Waals surface area contributed by atoms with E-state index in [0.717, 1.165) is 45.5 Å². The van der Waals surface area contributed by atoms with Gasteiger partial charge in [0.05, 0.1) is 13.2 Å². The van der Waals surface area contributed by atoms with Crippen LogP contribution in [0, 0.1) is 0 Å². The Hall–Kier alpha value is -3.54. The molecule has 142 valence electrons. The van der Waals surface area contributed by atoms with Crippen LogP contribution in [0.15, 0.2) is 60.7 Å². The number of aromatic nitrogens is 2. The first-order valence-corrected chi connectivity index (χ1v) is 9.23. The molecule has 0 radical (unpaired) electrons. The van der Waals surface area contributed by atoms with Gasteiger partial charge in [0, 0.05) is 24.2 Å². The standard InChI is InChI=1S/C22H22N4O2/c1-24-20-12-10-16-6-3-8-18(22(16)26-20)28-14-4-13-27-17-7-2-5-15-9-11-19(23)25-21(15)17/h2-3,5-12H,4,13-14H2,1H3,(H2,23,25)(H,24,26). The minimum atomic E-state index is 0.483. The van der Waals surface area contributed by atoms with E-state index in [2.05, 4.69) is 15.3 Å². The van der Waals surface area contributed by atoms with Crippen molar-refractivity contribution in [3.05, 3.63) is 60.7 Å². The average molecular weight is 374 g/mol. The van der Waals surface area contributed by atoms with Gasteiger partial charge in [-0.05, 0) is 36.4 Å². The molecule has 0 saturated heterocycles. The topological polar surface area (TPSA) is 82.3 Å². The maximum Gasteiger partial charge on any atom is 0.145 e. The summed E-state index contributed by atoms with van der Waals surface area (Å²) in [7, 11) is 1.85. The number of ether oxygens (including phenoxy) is 2. The molecule has 2 heterocycles. The molecule has 0 bridgehead atoms. The van der Waals surface area contributed by atoms with E-state index in [1.807, 2.05) is 61.6 Å². The van der Waals surface area contributed by atoms with Crippen LogP contribution in [0.3, 0.4) is 0 Å². The molecule has 2 aromatic heterocycles. The number of nitrogen functional groups attached to an aromatic ring is 1. The Kier molecular flexibility index (Phi) is 5.10. The first-order chi connectivity index (χ1) is 13.7. The molecule has 0 fully saturated rings. The van der Waals surface area contributed by atoms with E-state index in [9.17, 15) is 0 Å². The molecule has 0 saturated carbocycles. The van der Waals surface area contributed by atoms with Crippen molar-refractivity contribution in [2.45, 2.75) is 6.42 Å². The van der Waals surface area contributed by atoms with Crippen LogP contribution in [0.25, 0.3) is 21.8 Å². The number of nitrogens with two attached hydrogens (primary N) is 1. The Bertz CT molecular complexity index is 1110. The predicted molar refractivity (Wildman–Crippen MR) is 113 cm³/mol. The highest BCUT2D eigenvalue weighted by molar-refractivity contribution is 5.86. The van der Waals surface area contributed by atoms with E-state index in [1.165, 1.54) is 0 Å². The van der Waals surface area contributed by atoms with Crippen molar-refractivity contribution in [2.24, 2.45) is 0 Å². The molecule has 0 aliphatic carbocycles. The van der Waals surface area contributed by atoms with Gasteiger partial charge in [0.15, 0.2) is 0 Å². The average Bonchev–Trinajstić information content (AvgIpc) is 2.73. The SMILES string of the molecule is CNc1ccc2cccc(OCCCOc3cccc4ccc(N)nc34)c2n1. The highest BCUT2D eigenvalue weighted by Crippen LogP contribution is 2.26. The van der Waals surface area contributed by atoms with Crippen LogP contribution < -0.4 is 20.5 Å². The number of fused-ring (bicyclic) bond motifs is 2. The van der Waals surface area contributed by atoms with Gasteiger partial charge in [-0.25, -0.2) is 9.97 Å². The number of rotatable bonds is 7. The molecule has 0 unspecified atom stereocenters. The number of nitrogens with zero attached hydrogens (tertiary/aromatic N) is 2. The number of nitrogens with one attached hydrogen (secondary N) is 1. The first kappa shape index (κ1) is 17.9. The zero-order chi connectivity index (χ0) is 19.3. The van der Waals surface area contributed by atoms with Crippen molar-refractivity contribution >= 4 is 33.4 Å². The van der Waals surface area contributed by atoms with Gasteiger partial charge >= 0.3 is 0 Å². The number of benzene rings is 2. The Morgan fingerprint density at radius 2 is 1.39 bits per heavy atom. The van der Waals surface area contributed by atoms with Crippen LogP contribution in [0.5, 0.6) is 11.5 Å². The molecule has 4 rings (SSSR count). The second-order valence-electron chi connectivity index (χ2n) is 6.39. The summed E-state index contributed by atoms with van der Waals surface area (Å²) < 4.78 is 11.9. The number of anilines is 2. The molecule has 0 aliphatic heterocycles. The van der Waals surface area contributed by atoms with E-state index in [0.29, 0.717) is 19.0 Å². The molecule has 0 amide bonds. The van der Waals surface area contributed by atoms with Gasteiger partial charge < -0.3 is 20.5 Å². The Morgan fingerprint density at radius 3 is 2.04 bits per heavy atom. The Labute approximate surface area is 163 Å². The van der Waals surface area contributed by atoms with Gasteiger partial charge in [-0.3, -0.25) is 0 Å². The highest BCUT2D eigenvalue weighted by Gasteiger charge is 2.06. The summed E-state index contributed by atoms with van der Waals surface area (Å²) in [6.07, 6.45) is 0.737. The second kappa shape index (κ2) is 8.00. The van der Waals surface area contributed by atoms with Gasteiger partial charge in [-0.15, -0.1) is 0 Å². The molecular formula is C22H22N4O2. The third-order valence-electron chi connectivity index (χ3n) is 4.45. The Morgan fingerprint density at radius 1 is 0.786 bits per heavy atom. The molecule has 2 aromatic carbocycles. The highest BCUT2D eigenvalue weighted by atomic mass is 16.5.